The molecule has 1 atom stereocenters. The van der Waals surface area contributed by atoms with Gasteiger partial charge in [0.25, 0.3) is 11.5 Å². The van der Waals surface area contributed by atoms with Gasteiger partial charge in [0.1, 0.15) is 11.3 Å². The summed E-state index contributed by atoms with van der Waals surface area (Å²) in [5.41, 5.74) is -0.123. The van der Waals surface area contributed by atoms with Gasteiger partial charge in [0, 0.05) is 6.54 Å². The lowest BCUT2D eigenvalue weighted by atomic mass is 10.1. The number of rotatable bonds is 4. The number of hydrogen-bond donors (Lipinski definition) is 2. The van der Waals surface area contributed by atoms with Gasteiger partial charge >= 0.3 is 5.97 Å². The van der Waals surface area contributed by atoms with Crippen molar-refractivity contribution < 1.29 is 23.8 Å². The number of aromatic nitrogens is 1. The highest BCUT2D eigenvalue weighted by Crippen LogP contribution is 2.17. The second kappa shape index (κ2) is 6.71. The standard InChI is InChI=1S/C16H16N2O6/c19-14(20)8-10-9-23-7-5-18(10)16(22)11-3-4-12(17-15(11)21)13-2-1-6-24-13/h1-4,6,10H,5,7-9H2,(H,17,21)(H,19,20). The fourth-order valence-corrected chi connectivity index (χ4v) is 2.67. The number of pyridine rings is 1. The number of nitrogens with one attached hydrogen (secondary N) is 1. The van der Waals surface area contributed by atoms with Crippen LogP contribution in [0.15, 0.2) is 39.7 Å². The van der Waals surface area contributed by atoms with Gasteiger partial charge < -0.3 is 24.1 Å². The van der Waals surface area contributed by atoms with E-state index >= 15 is 0 Å². The average molecular weight is 332 g/mol. The number of H-pyrrole nitrogens is 1. The molecule has 0 bridgehead atoms. The van der Waals surface area contributed by atoms with E-state index in [1.807, 2.05) is 0 Å². The molecule has 3 rings (SSSR count). The second-order valence-electron chi connectivity index (χ2n) is 5.42. The molecule has 0 radical (unpaired) electrons. The Labute approximate surface area is 136 Å². The molecule has 3 heterocycles. The van der Waals surface area contributed by atoms with Crippen LogP contribution in [0.25, 0.3) is 11.5 Å². The van der Waals surface area contributed by atoms with E-state index in [1.54, 1.807) is 18.2 Å². The number of ether oxygens (including phenoxy) is 1. The first-order valence-electron chi connectivity index (χ1n) is 7.44. The van der Waals surface area contributed by atoms with Crippen molar-refractivity contribution in [3.05, 3.63) is 46.4 Å². The van der Waals surface area contributed by atoms with Crippen LogP contribution in [0.5, 0.6) is 0 Å². The van der Waals surface area contributed by atoms with Crippen molar-refractivity contribution in [2.24, 2.45) is 0 Å². The van der Waals surface area contributed by atoms with E-state index in [2.05, 4.69) is 4.98 Å². The number of morpholine rings is 1. The minimum atomic E-state index is -1.02. The second-order valence-corrected chi connectivity index (χ2v) is 5.42. The lowest BCUT2D eigenvalue weighted by Gasteiger charge is -2.34. The maximum absolute atomic E-state index is 12.6. The molecule has 1 saturated heterocycles. The highest BCUT2D eigenvalue weighted by Gasteiger charge is 2.31. The van der Waals surface area contributed by atoms with Crippen LogP contribution in [0.3, 0.4) is 0 Å². The summed E-state index contributed by atoms with van der Waals surface area (Å²) in [6, 6.07) is 5.80. The lowest BCUT2D eigenvalue weighted by Crippen LogP contribution is -2.50. The van der Waals surface area contributed by atoms with Gasteiger partial charge in [-0.1, -0.05) is 0 Å². The van der Waals surface area contributed by atoms with Crippen LogP contribution in [-0.2, 0) is 9.53 Å². The van der Waals surface area contributed by atoms with Crippen LogP contribution in [0.4, 0.5) is 0 Å². The molecule has 2 aromatic rings. The molecule has 2 aromatic heterocycles. The third-order valence-corrected chi connectivity index (χ3v) is 3.83. The molecule has 8 heteroatoms. The molecule has 1 aliphatic heterocycles. The van der Waals surface area contributed by atoms with E-state index in [0.29, 0.717) is 18.1 Å². The minimum absolute atomic E-state index is 0.0393. The molecule has 126 valence electrons. The van der Waals surface area contributed by atoms with Crippen LogP contribution in [0.2, 0.25) is 0 Å². The number of aromatic amines is 1. The van der Waals surface area contributed by atoms with Crippen LogP contribution in [-0.4, -0.2) is 52.7 Å². The number of nitrogens with zero attached hydrogens (tertiary/aromatic N) is 1. The summed E-state index contributed by atoms with van der Waals surface area (Å²) in [5, 5.41) is 8.96. The number of aliphatic carboxylic acids is 1. The van der Waals surface area contributed by atoms with E-state index in [9.17, 15) is 14.4 Å². The van der Waals surface area contributed by atoms with Crippen molar-refractivity contribution in [1.29, 1.82) is 0 Å². The van der Waals surface area contributed by atoms with Gasteiger partial charge in [0.05, 0.1) is 37.6 Å². The molecule has 0 saturated carbocycles. The molecule has 0 aliphatic carbocycles. The number of carbonyl (C=O) groups excluding carboxylic acids is 1. The van der Waals surface area contributed by atoms with Gasteiger partial charge in [-0.3, -0.25) is 14.4 Å². The molecule has 2 N–H and O–H groups in total. The van der Waals surface area contributed by atoms with Crippen molar-refractivity contribution in [2.75, 3.05) is 19.8 Å². The summed E-state index contributed by atoms with van der Waals surface area (Å²) in [5.74, 6) is -1.04. The normalized spacial score (nSPS) is 17.7. The Hall–Kier alpha value is -2.87. The maximum Gasteiger partial charge on any atom is 0.305 e. The molecule has 1 aliphatic rings. The number of amides is 1. The summed E-state index contributed by atoms with van der Waals surface area (Å²) < 4.78 is 10.4. The Balaban J connectivity index is 1.86. The Morgan fingerprint density at radius 1 is 1.33 bits per heavy atom. The van der Waals surface area contributed by atoms with Crippen molar-refractivity contribution in [2.45, 2.75) is 12.5 Å². The Morgan fingerprint density at radius 2 is 2.17 bits per heavy atom. The van der Waals surface area contributed by atoms with Crippen molar-refractivity contribution in [1.82, 2.24) is 9.88 Å². The number of carboxylic acid groups (broad SMARTS) is 1. The summed E-state index contributed by atoms with van der Waals surface area (Å²) >= 11 is 0. The fraction of sp³-hybridized carbons (Fsp3) is 0.312. The zero-order valence-electron chi connectivity index (χ0n) is 12.7. The Morgan fingerprint density at radius 3 is 2.83 bits per heavy atom. The quantitative estimate of drug-likeness (QED) is 0.862. The molecule has 0 aromatic carbocycles. The Kier molecular flexibility index (Phi) is 4.48. The molecule has 1 unspecified atom stereocenters. The molecular weight excluding hydrogens is 316 g/mol. The Bertz CT molecular complexity index is 795. The predicted molar refractivity (Wildman–Crippen MR) is 82.7 cm³/mol. The molecule has 0 spiro atoms. The summed E-state index contributed by atoms with van der Waals surface area (Å²) in [4.78, 5) is 39.8. The van der Waals surface area contributed by atoms with Crippen molar-refractivity contribution in [3.8, 4) is 11.5 Å². The first-order valence-corrected chi connectivity index (χ1v) is 7.44. The van der Waals surface area contributed by atoms with E-state index < -0.39 is 23.5 Å². The molecule has 1 amide bonds. The number of carbonyl (C=O) groups is 2. The van der Waals surface area contributed by atoms with Crippen LogP contribution in [0, 0.1) is 0 Å². The SMILES string of the molecule is O=C(O)CC1COCCN1C(=O)c1ccc(-c2ccco2)[nH]c1=O. The van der Waals surface area contributed by atoms with E-state index in [-0.39, 0.29) is 25.1 Å². The highest BCUT2D eigenvalue weighted by molar-refractivity contribution is 5.94. The average Bonchev–Trinajstić information content (AvgIpc) is 3.08. The van der Waals surface area contributed by atoms with Gasteiger partial charge in [0.2, 0.25) is 0 Å². The summed E-state index contributed by atoms with van der Waals surface area (Å²) in [7, 11) is 0. The lowest BCUT2D eigenvalue weighted by molar-refractivity contribution is -0.139. The van der Waals surface area contributed by atoms with Gasteiger partial charge in [-0.05, 0) is 24.3 Å². The number of hydrogen-bond acceptors (Lipinski definition) is 5. The summed E-state index contributed by atoms with van der Waals surface area (Å²) in [6.45, 7) is 0.695. The van der Waals surface area contributed by atoms with E-state index in [4.69, 9.17) is 14.3 Å². The minimum Gasteiger partial charge on any atom is -0.481 e. The smallest absolute Gasteiger partial charge is 0.305 e. The first-order chi connectivity index (χ1) is 11.6. The third-order valence-electron chi connectivity index (χ3n) is 3.83. The molecular formula is C16H16N2O6. The van der Waals surface area contributed by atoms with Crippen molar-refractivity contribution >= 4 is 11.9 Å². The largest absolute Gasteiger partial charge is 0.481 e. The number of carboxylic acids is 1. The molecule has 24 heavy (non-hydrogen) atoms. The monoisotopic (exact) mass is 332 g/mol. The fourth-order valence-electron chi connectivity index (χ4n) is 2.67. The predicted octanol–water partition coefficient (Wildman–Crippen LogP) is 0.951. The number of furan rings is 1. The van der Waals surface area contributed by atoms with Crippen molar-refractivity contribution in [3.63, 3.8) is 0 Å². The summed E-state index contributed by atoms with van der Waals surface area (Å²) in [6.07, 6.45) is 1.26. The third kappa shape index (κ3) is 3.23. The van der Waals surface area contributed by atoms with Gasteiger partial charge in [-0.25, -0.2) is 0 Å². The highest BCUT2D eigenvalue weighted by atomic mass is 16.5. The topological polar surface area (TPSA) is 113 Å². The first kappa shape index (κ1) is 16.0. The van der Waals surface area contributed by atoms with Gasteiger partial charge in [0.15, 0.2) is 0 Å². The van der Waals surface area contributed by atoms with Gasteiger partial charge in [-0.15, -0.1) is 0 Å². The van der Waals surface area contributed by atoms with E-state index in [0.717, 1.165) is 0 Å². The van der Waals surface area contributed by atoms with Gasteiger partial charge in [-0.2, -0.15) is 0 Å². The maximum atomic E-state index is 12.6. The molecule has 1 fully saturated rings. The van der Waals surface area contributed by atoms with E-state index in [1.165, 1.54) is 17.2 Å². The van der Waals surface area contributed by atoms with Crippen LogP contribution < -0.4 is 5.56 Å². The van der Waals surface area contributed by atoms with Crippen LogP contribution >= 0.6 is 0 Å². The van der Waals surface area contributed by atoms with Crippen LogP contribution in [0.1, 0.15) is 16.8 Å². The zero-order chi connectivity index (χ0) is 17.1. The molecule has 8 nitrogen and oxygen atoms in total. The zero-order valence-corrected chi connectivity index (χ0v) is 12.7.